The maximum atomic E-state index is 14.6. The van der Waals surface area contributed by atoms with Crippen LogP contribution in [0, 0.1) is 63.6 Å². The predicted octanol–water partition coefficient (Wildman–Crippen LogP) is 20.5. The second kappa shape index (κ2) is 40.7. The number of carbonyl (C=O) groups excluding carboxylic acids is 3. The van der Waals surface area contributed by atoms with Crippen LogP contribution < -0.4 is 0 Å². The summed E-state index contributed by atoms with van der Waals surface area (Å²) in [7, 11) is 0. The van der Waals surface area contributed by atoms with Crippen molar-refractivity contribution in [3.63, 3.8) is 0 Å². The Morgan fingerprint density at radius 2 is 0.581 bits per heavy atom. The lowest BCUT2D eigenvalue weighted by atomic mass is 9.60. The van der Waals surface area contributed by atoms with E-state index in [9.17, 15) is 183 Å². The first kappa shape index (κ1) is 117. The van der Waals surface area contributed by atoms with Gasteiger partial charge in [-0.05, 0) is 190 Å². The minimum Gasteiger partial charge on any atom is -0.459 e. The van der Waals surface area contributed by atoms with Gasteiger partial charge in [-0.3, -0.25) is 14.4 Å². The standard InChI is InChI=1S/C27H40F12O6.C25H36F12O6.C19H24F12O5/c1-8-21(6,24(28,29)30)19(40)45-20(4,5)16-11-17(22(7,25(31,32)33)43-14-41-9-2)13-18(12-16)23(26(34,35)36,27(37,38)39)44-15-42-10-3;1-6-19(4,22(26,27)28)17(40)43-18(2,3)14-11-15(20(5,23(29,30)31)41-9-7-38)13-16(12-14)21(24(32,33)34,25(35,36)37)42-10-8-39;1-4-13(2,16(20,21)22)12(32)36-8-35-11-6-9(14(3,33)17(23,24)25)5-10(7-11)15(34,18(26,27)28)19(29,30)31/h16-18H,8-15H2,1-7H3;14-16,38-39H,6-13H2,1-5H3;9-11,33-34H,4-8H2,1-3H3. The van der Waals surface area contributed by atoms with Crippen LogP contribution in [-0.4, -0.2) is 223 Å². The highest BCUT2D eigenvalue weighted by Gasteiger charge is 2.81. The number of aliphatic hydroxyl groups excluding tert-OH is 2. The fourth-order valence-corrected chi connectivity index (χ4v) is 14.6. The normalized spacial score (nSPS) is 24.7. The first-order valence-corrected chi connectivity index (χ1v) is 37.5. The number of hydrogen-bond acceptors (Lipinski definition) is 17. The van der Waals surface area contributed by atoms with Gasteiger partial charge < -0.3 is 67.8 Å². The highest BCUT2D eigenvalue weighted by atomic mass is 19.5. The van der Waals surface area contributed by atoms with E-state index in [1.807, 2.05) is 0 Å². The molecule has 0 amide bonds. The van der Waals surface area contributed by atoms with Crippen molar-refractivity contribution < 1.29 is 240 Å². The monoisotopic (exact) mass is 1910 g/mol. The highest BCUT2D eigenvalue weighted by Crippen LogP contribution is 2.64. The maximum Gasteiger partial charge on any atom is 0.426 e. The van der Waals surface area contributed by atoms with Crippen molar-refractivity contribution >= 4 is 17.9 Å². The van der Waals surface area contributed by atoms with Crippen LogP contribution in [0.4, 0.5) is 158 Å². The molecule has 3 saturated carbocycles. The van der Waals surface area contributed by atoms with Gasteiger partial charge in [-0.25, -0.2) is 0 Å². The summed E-state index contributed by atoms with van der Waals surface area (Å²) in [5.74, 6) is -24.8. The Morgan fingerprint density at radius 3 is 0.871 bits per heavy atom. The van der Waals surface area contributed by atoms with Crippen molar-refractivity contribution in [2.75, 3.05) is 60.0 Å². The SMILES string of the molecule is CCC(C)(C(=O)OC(C)(C)C1CC(C(C)(OCCO)C(F)(F)F)CC(C(OCCO)(C(F)(F)F)C(F)(F)F)C1)C(F)(F)F.CCC(C)(C(=O)OCOC1CC(C(C)(O)C(F)(F)F)CC(C(O)(C(F)(F)F)C(F)(F)F)C1)C(F)(F)F.CCOCOC(C)(C1CC(C(C)(C)OC(=O)C(C)(CC)C(F)(F)F)CC(C(OCOCC)(C(F)(F)F)C(F)(F)F)C1)C(F)(F)F. The van der Waals surface area contributed by atoms with Crippen molar-refractivity contribution in [3.05, 3.63) is 0 Å². The molecule has 0 heterocycles. The molecular formula is C71H100F36O17. The lowest BCUT2D eigenvalue weighted by Crippen LogP contribution is -2.66. The molecule has 0 aromatic carbocycles. The Morgan fingerprint density at radius 1 is 0.298 bits per heavy atom. The summed E-state index contributed by atoms with van der Waals surface area (Å²) < 4.78 is 549. The third kappa shape index (κ3) is 25.0. The summed E-state index contributed by atoms with van der Waals surface area (Å²) >= 11 is 0. The molecule has 15 unspecified atom stereocenters. The molecule has 0 saturated heterocycles. The van der Waals surface area contributed by atoms with E-state index in [-0.39, 0.29) is 20.1 Å². The van der Waals surface area contributed by atoms with Gasteiger partial charge in [0.25, 0.3) is 16.8 Å². The Balaban J connectivity index is 0.000000936. The number of halogens is 36. The fraction of sp³-hybridized carbons (Fsp3) is 0.958. The first-order valence-electron chi connectivity index (χ1n) is 37.5. The Bertz CT molecular complexity index is 3300. The molecule has 0 bridgehead atoms. The molecule has 3 rings (SSSR count). The van der Waals surface area contributed by atoms with Crippen LogP contribution in [0.2, 0.25) is 0 Å². The highest BCUT2D eigenvalue weighted by molar-refractivity contribution is 5.78. The molecule has 0 spiro atoms. The van der Waals surface area contributed by atoms with Crippen molar-refractivity contribution in [2.45, 2.75) is 306 Å². The molecule has 3 aliphatic carbocycles. The summed E-state index contributed by atoms with van der Waals surface area (Å²) in [6.07, 6.45) is -85.4. The van der Waals surface area contributed by atoms with Crippen LogP contribution in [0.5, 0.6) is 0 Å². The molecule has 0 radical (unpaired) electrons. The van der Waals surface area contributed by atoms with Crippen LogP contribution in [0.3, 0.4) is 0 Å². The van der Waals surface area contributed by atoms with Crippen LogP contribution in [-0.2, 0) is 61.8 Å². The van der Waals surface area contributed by atoms with Crippen molar-refractivity contribution in [3.8, 4) is 0 Å². The quantitative estimate of drug-likeness (QED) is 0.0158. The van der Waals surface area contributed by atoms with Gasteiger partial charge in [0, 0.05) is 31.0 Å². The third-order valence-electron chi connectivity index (χ3n) is 24.1. The van der Waals surface area contributed by atoms with Gasteiger partial charge in [-0.1, -0.05) is 20.8 Å². The molecule has 3 fully saturated rings. The fourth-order valence-electron chi connectivity index (χ4n) is 14.6. The average molecular weight is 1910 g/mol. The number of carbonyl (C=O) groups is 3. The lowest BCUT2D eigenvalue weighted by Gasteiger charge is -2.52. The minimum absolute atomic E-state index is 0.105. The molecular weight excluding hydrogens is 1810 g/mol. The first-order chi connectivity index (χ1) is 55.0. The van der Waals surface area contributed by atoms with Gasteiger partial charge >= 0.3 is 92.0 Å². The van der Waals surface area contributed by atoms with Gasteiger partial charge in [0.1, 0.15) is 24.8 Å². The minimum atomic E-state index is -6.41. The van der Waals surface area contributed by atoms with Gasteiger partial charge in [-0.2, -0.15) is 158 Å². The van der Waals surface area contributed by atoms with E-state index in [4.69, 9.17) is 38.6 Å². The molecule has 3 aliphatic rings. The zero-order chi connectivity index (χ0) is 98.3. The van der Waals surface area contributed by atoms with E-state index in [0.717, 1.165) is 48.5 Å². The Kier molecular flexibility index (Phi) is 38.5. The Labute approximate surface area is 686 Å². The van der Waals surface area contributed by atoms with Crippen molar-refractivity contribution in [1.29, 1.82) is 0 Å². The second-order valence-corrected chi connectivity index (χ2v) is 32.3. The number of ether oxygens (including phenoxy) is 10. The number of aliphatic hydroxyl groups is 4. The average Bonchev–Trinajstić information content (AvgIpc) is 0.724. The molecule has 0 aromatic rings. The molecule has 4 N–H and O–H groups in total. The summed E-state index contributed by atoms with van der Waals surface area (Å²) in [5, 5.41) is 37.6. The van der Waals surface area contributed by atoms with Crippen LogP contribution in [0.1, 0.15) is 181 Å². The zero-order valence-corrected chi connectivity index (χ0v) is 68.7. The van der Waals surface area contributed by atoms with Crippen molar-refractivity contribution in [1.82, 2.24) is 0 Å². The van der Waals surface area contributed by atoms with E-state index in [0.29, 0.717) is 34.6 Å². The van der Waals surface area contributed by atoms with E-state index < -0.39 is 330 Å². The Hall–Kier alpha value is -4.55. The van der Waals surface area contributed by atoms with Crippen LogP contribution in [0.25, 0.3) is 0 Å². The molecule has 15 atom stereocenters. The van der Waals surface area contributed by atoms with Crippen molar-refractivity contribution in [2.24, 2.45) is 63.6 Å². The van der Waals surface area contributed by atoms with Crippen LogP contribution in [0.15, 0.2) is 0 Å². The molecule has 53 heteroatoms. The summed E-state index contributed by atoms with van der Waals surface area (Å²) in [5.41, 5.74) is -40.4. The lowest BCUT2D eigenvalue weighted by molar-refractivity contribution is -0.415. The third-order valence-corrected chi connectivity index (χ3v) is 24.1. The predicted molar refractivity (Wildman–Crippen MR) is 353 cm³/mol. The summed E-state index contributed by atoms with van der Waals surface area (Å²) in [4.78, 5) is 37.4. The molecule has 738 valence electrons. The molecule has 124 heavy (non-hydrogen) atoms. The van der Waals surface area contributed by atoms with Gasteiger partial charge in [0.05, 0.1) is 32.5 Å². The topological polar surface area (TPSA) is 224 Å². The van der Waals surface area contributed by atoms with Gasteiger partial charge in [0.2, 0.25) is 0 Å². The summed E-state index contributed by atoms with van der Waals surface area (Å²) in [6, 6.07) is 0. The van der Waals surface area contributed by atoms with Crippen LogP contribution >= 0.6 is 0 Å². The molecule has 0 aromatic heterocycles. The van der Waals surface area contributed by atoms with E-state index in [1.54, 1.807) is 0 Å². The number of alkyl halides is 36. The van der Waals surface area contributed by atoms with E-state index in [2.05, 4.69) is 18.9 Å². The molecule has 0 aliphatic heterocycles. The largest absolute Gasteiger partial charge is 0.459 e. The maximum absolute atomic E-state index is 14.6. The van der Waals surface area contributed by atoms with Gasteiger partial charge in [0.15, 0.2) is 39.8 Å². The molecule has 17 nitrogen and oxygen atoms in total. The van der Waals surface area contributed by atoms with Gasteiger partial charge in [-0.15, -0.1) is 0 Å². The van der Waals surface area contributed by atoms with E-state index >= 15 is 0 Å². The number of hydrogen-bond donors (Lipinski definition) is 4. The smallest absolute Gasteiger partial charge is 0.426 e. The summed E-state index contributed by atoms with van der Waals surface area (Å²) in [6.45, 7) is 1.98. The van der Waals surface area contributed by atoms with E-state index in [1.165, 1.54) is 13.8 Å². The number of esters is 3. The number of rotatable bonds is 33. The second-order valence-electron chi connectivity index (χ2n) is 32.3. The zero-order valence-electron chi connectivity index (χ0n) is 68.7.